The van der Waals surface area contributed by atoms with Crippen LogP contribution in [-0.4, -0.2) is 13.1 Å². The number of allylic oxidation sites excluding steroid dienone is 2. The van der Waals surface area contributed by atoms with E-state index in [0.717, 1.165) is 24.8 Å². The third-order valence-corrected chi connectivity index (χ3v) is 4.01. The van der Waals surface area contributed by atoms with Crippen molar-refractivity contribution in [2.75, 3.05) is 7.11 Å². The van der Waals surface area contributed by atoms with Crippen molar-refractivity contribution in [2.45, 2.75) is 44.4 Å². The third-order valence-electron chi connectivity index (χ3n) is 4.01. The third kappa shape index (κ3) is 3.06. The van der Waals surface area contributed by atoms with Crippen LogP contribution in [0.2, 0.25) is 0 Å². The van der Waals surface area contributed by atoms with E-state index in [9.17, 15) is 4.79 Å². The first-order chi connectivity index (χ1) is 9.16. The normalized spacial score (nSPS) is 18.3. The second-order valence-electron chi connectivity index (χ2n) is 5.47. The van der Waals surface area contributed by atoms with Crippen LogP contribution in [0.4, 0.5) is 0 Å². The first kappa shape index (κ1) is 13.9. The van der Waals surface area contributed by atoms with Crippen LogP contribution in [0.3, 0.4) is 0 Å². The Bertz CT molecular complexity index is 461. The highest BCUT2D eigenvalue weighted by Gasteiger charge is 2.37. The molecule has 0 saturated heterocycles. The van der Waals surface area contributed by atoms with E-state index < -0.39 is 5.41 Å². The van der Waals surface area contributed by atoms with Crippen LogP contribution in [0.5, 0.6) is 0 Å². The number of esters is 1. The maximum absolute atomic E-state index is 12.3. The van der Waals surface area contributed by atoms with Crippen molar-refractivity contribution < 1.29 is 9.53 Å². The number of methoxy groups -OCH3 is 1. The van der Waals surface area contributed by atoms with Crippen molar-refractivity contribution in [1.29, 1.82) is 0 Å². The summed E-state index contributed by atoms with van der Waals surface area (Å²) in [6.45, 7) is 1.99. The van der Waals surface area contributed by atoms with Crippen LogP contribution in [0.25, 0.3) is 0 Å². The molecule has 2 heteroatoms. The van der Waals surface area contributed by atoms with E-state index in [2.05, 4.69) is 6.08 Å². The maximum Gasteiger partial charge on any atom is 0.316 e. The molecule has 2 nitrogen and oxygen atoms in total. The van der Waals surface area contributed by atoms with Gasteiger partial charge in [-0.05, 0) is 44.6 Å². The van der Waals surface area contributed by atoms with Gasteiger partial charge in [-0.25, -0.2) is 0 Å². The second kappa shape index (κ2) is 6.05. The van der Waals surface area contributed by atoms with E-state index in [4.69, 9.17) is 4.74 Å². The Morgan fingerprint density at radius 1 is 1.26 bits per heavy atom. The minimum Gasteiger partial charge on any atom is -0.468 e. The van der Waals surface area contributed by atoms with Gasteiger partial charge in [-0.2, -0.15) is 0 Å². The predicted molar refractivity (Wildman–Crippen MR) is 77.0 cm³/mol. The maximum atomic E-state index is 12.3. The van der Waals surface area contributed by atoms with E-state index in [1.165, 1.54) is 25.5 Å². The van der Waals surface area contributed by atoms with E-state index in [1.54, 1.807) is 0 Å². The summed E-state index contributed by atoms with van der Waals surface area (Å²) >= 11 is 0. The summed E-state index contributed by atoms with van der Waals surface area (Å²) in [4.78, 5) is 12.3. The highest BCUT2D eigenvalue weighted by molar-refractivity contribution is 5.83. The zero-order valence-corrected chi connectivity index (χ0v) is 11.8. The number of ether oxygens (including phenoxy) is 1. The molecule has 0 heterocycles. The fourth-order valence-corrected chi connectivity index (χ4v) is 2.84. The molecule has 0 amide bonds. The fraction of sp³-hybridized carbons (Fsp3) is 0.471. The highest BCUT2D eigenvalue weighted by atomic mass is 16.5. The minimum absolute atomic E-state index is 0.148. The Morgan fingerprint density at radius 3 is 2.58 bits per heavy atom. The number of rotatable bonds is 4. The standard InChI is InChI=1S/C17H22O2/c1-17(16(18)19-2,15-11-7-4-8-12-15)13-14-9-5-3-6-10-14/h4,7-9,11-12H,3,5-6,10,13H2,1-2H3. The molecule has 0 aliphatic heterocycles. The summed E-state index contributed by atoms with van der Waals surface area (Å²) in [5, 5.41) is 0. The Balaban J connectivity index is 2.29. The molecule has 0 saturated carbocycles. The molecule has 19 heavy (non-hydrogen) atoms. The lowest BCUT2D eigenvalue weighted by Crippen LogP contribution is -2.34. The summed E-state index contributed by atoms with van der Waals surface area (Å²) in [5.74, 6) is -0.148. The van der Waals surface area contributed by atoms with Crippen LogP contribution in [0.1, 0.15) is 44.6 Å². The van der Waals surface area contributed by atoms with Crippen molar-refractivity contribution in [2.24, 2.45) is 0 Å². The number of hydrogen-bond acceptors (Lipinski definition) is 2. The minimum atomic E-state index is -0.570. The molecule has 1 aliphatic carbocycles. The smallest absolute Gasteiger partial charge is 0.316 e. The average Bonchev–Trinajstić information content (AvgIpc) is 2.48. The number of benzene rings is 1. The van der Waals surface area contributed by atoms with E-state index >= 15 is 0 Å². The molecule has 0 fully saturated rings. The van der Waals surface area contributed by atoms with Crippen molar-refractivity contribution in [3.05, 3.63) is 47.5 Å². The molecule has 0 aromatic heterocycles. The monoisotopic (exact) mass is 258 g/mol. The van der Waals surface area contributed by atoms with Gasteiger partial charge < -0.3 is 4.74 Å². The van der Waals surface area contributed by atoms with Gasteiger partial charge >= 0.3 is 5.97 Å². The van der Waals surface area contributed by atoms with Gasteiger partial charge in [-0.15, -0.1) is 0 Å². The van der Waals surface area contributed by atoms with Gasteiger partial charge in [-0.1, -0.05) is 42.0 Å². The van der Waals surface area contributed by atoms with Crippen LogP contribution in [0.15, 0.2) is 42.0 Å². The summed E-state index contributed by atoms with van der Waals surface area (Å²) in [6, 6.07) is 9.96. The van der Waals surface area contributed by atoms with Gasteiger partial charge in [0.25, 0.3) is 0 Å². The van der Waals surface area contributed by atoms with Gasteiger partial charge in [0.05, 0.1) is 12.5 Å². The van der Waals surface area contributed by atoms with Gasteiger partial charge in [0.2, 0.25) is 0 Å². The van der Waals surface area contributed by atoms with Crippen LogP contribution in [0, 0.1) is 0 Å². The van der Waals surface area contributed by atoms with E-state index in [-0.39, 0.29) is 5.97 Å². The van der Waals surface area contributed by atoms with E-state index in [0.29, 0.717) is 0 Å². The van der Waals surface area contributed by atoms with Crippen LogP contribution < -0.4 is 0 Å². The van der Waals surface area contributed by atoms with Crippen molar-refractivity contribution in [3.63, 3.8) is 0 Å². The Kier molecular flexibility index (Phi) is 4.41. The topological polar surface area (TPSA) is 26.3 Å². The molecule has 1 atom stereocenters. The zero-order chi connectivity index (χ0) is 13.7. The first-order valence-corrected chi connectivity index (χ1v) is 6.98. The summed E-state index contributed by atoms with van der Waals surface area (Å²) in [5.41, 5.74) is 1.86. The quantitative estimate of drug-likeness (QED) is 0.602. The molecule has 0 bridgehead atoms. The number of carbonyl (C=O) groups excluding carboxylic acids is 1. The lowest BCUT2D eigenvalue weighted by Gasteiger charge is -2.29. The SMILES string of the molecule is COC(=O)C(C)(CC1=CCCCC1)c1ccccc1. The second-order valence-corrected chi connectivity index (χ2v) is 5.47. The largest absolute Gasteiger partial charge is 0.468 e. The molecule has 1 aromatic carbocycles. The lowest BCUT2D eigenvalue weighted by molar-refractivity contribution is -0.146. The van der Waals surface area contributed by atoms with Crippen LogP contribution >= 0.6 is 0 Å². The molecule has 0 radical (unpaired) electrons. The molecular weight excluding hydrogens is 236 g/mol. The lowest BCUT2D eigenvalue weighted by atomic mass is 9.75. The molecule has 2 rings (SSSR count). The van der Waals surface area contributed by atoms with Crippen LogP contribution in [-0.2, 0) is 14.9 Å². The van der Waals surface area contributed by atoms with Gasteiger partial charge in [-0.3, -0.25) is 4.79 Å². The molecule has 102 valence electrons. The average molecular weight is 258 g/mol. The molecule has 0 N–H and O–H groups in total. The number of hydrogen-bond donors (Lipinski definition) is 0. The molecule has 0 spiro atoms. The Hall–Kier alpha value is -1.57. The Labute approximate surface area is 115 Å². The van der Waals surface area contributed by atoms with Gasteiger partial charge in [0.1, 0.15) is 0 Å². The summed E-state index contributed by atoms with van der Waals surface area (Å²) in [7, 11) is 1.47. The fourth-order valence-electron chi connectivity index (χ4n) is 2.84. The van der Waals surface area contributed by atoms with E-state index in [1.807, 2.05) is 37.3 Å². The predicted octanol–water partition coefficient (Wildman–Crippen LogP) is 4.01. The van der Waals surface area contributed by atoms with Crippen molar-refractivity contribution in [3.8, 4) is 0 Å². The number of carbonyl (C=O) groups is 1. The molecule has 1 aliphatic rings. The molecule has 1 unspecified atom stereocenters. The van der Waals surface area contributed by atoms with Crippen molar-refractivity contribution >= 4 is 5.97 Å². The summed E-state index contributed by atoms with van der Waals surface area (Å²) < 4.78 is 5.05. The van der Waals surface area contributed by atoms with Crippen molar-refractivity contribution in [1.82, 2.24) is 0 Å². The summed E-state index contributed by atoms with van der Waals surface area (Å²) in [6.07, 6.45) is 7.82. The highest BCUT2D eigenvalue weighted by Crippen LogP contribution is 2.35. The molecular formula is C17H22O2. The Morgan fingerprint density at radius 2 is 2.00 bits per heavy atom. The zero-order valence-electron chi connectivity index (χ0n) is 11.8. The van der Waals surface area contributed by atoms with Gasteiger partial charge in [0, 0.05) is 0 Å². The first-order valence-electron chi connectivity index (χ1n) is 6.98. The molecule has 1 aromatic rings. The van der Waals surface area contributed by atoms with Gasteiger partial charge in [0.15, 0.2) is 0 Å².